The van der Waals surface area contributed by atoms with Crippen molar-refractivity contribution >= 4 is 13.7 Å². The Bertz CT molecular complexity index is 876. The van der Waals surface area contributed by atoms with Crippen molar-refractivity contribution in [2.45, 2.75) is 193 Å². The van der Waals surface area contributed by atoms with Gasteiger partial charge in [-0.05, 0) is 44.9 Å². The number of quaternary nitrogens is 1. The number of amides is 1. The third-order valence-electron chi connectivity index (χ3n) is 9.16. The number of carbonyl (C=O) groups is 1. The molecule has 0 fully saturated rings. The number of allylic oxidation sites excluding steroid dienone is 3. The van der Waals surface area contributed by atoms with Gasteiger partial charge in [-0.15, -0.1) is 0 Å². The second-order valence-corrected chi connectivity index (χ2v) is 16.8. The molecular weight excluding hydrogens is 647 g/mol. The molecule has 0 rings (SSSR count). The minimum absolute atomic E-state index is 0.00177. The highest BCUT2D eigenvalue weighted by Gasteiger charge is 2.23. The standard InChI is InChI=1S/C41H81N2O6P/c1-6-8-10-12-14-16-18-20-22-24-26-28-30-32-34-40(44)39(38-49-50(46,47)48-37-36-43(3,4)5)42-41(45)35-33-31-29-27-25-23-21-19-17-15-13-11-9-7-2/h19,21,32,34,39-40,44H,6-18,20,22-31,33,35-38H2,1-5H3,(H-,42,45,46,47)/b21-19-,34-32+. The van der Waals surface area contributed by atoms with Crippen molar-refractivity contribution in [3.8, 4) is 0 Å². The summed E-state index contributed by atoms with van der Waals surface area (Å²) >= 11 is 0. The van der Waals surface area contributed by atoms with Crippen LogP contribution in [0.25, 0.3) is 0 Å². The predicted octanol–water partition coefficient (Wildman–Crippen LogP) is 10.3. The topological polar surface area (TPSA) is 108 Å². The molecule has 0 saturated carbocycles. The molecule has 0 aliphatic rings. The molecule has 0 aliphatic heterocycles. The molecule has 0 aromatic rings. The maximum Gasteiger partial charge on any atom is 0.268 e. The molecular formula is C41H81N2O6P. The van der Waals surface area contributed by atoms with Gasteiger partial charge in [0, 0.05) is 6.42 Å². The Morgan fingerprint density at radius 1 is 0.680 bits per heavy atom. The van der Waals surface area contributed by atoms with Gasteiger partial charge in [0.05, 0.1) is 39.9 Å². The van der Waals surface area contributed by atoms with E-state index in [2.05, 4.69) is 31.3 Å². The van der Waals surface area contributed by atoms with Crippen molar-refractivity contribution in [3.63, 3.8) is 0 Å². The van der Waals surface area contributed by atoms with Crippen LogP contribution < -0.4 is 10.2 Å². The molecule has 0 aliphatic carbocycles. The highest BCUT2D eigenvalue weighted by molar-refractivity contribution is 7.45. The van der Waals surface area contributed by atoms with E-state index in [0.29, 0.717) is 17.4 Å². The highest BCUT2D eigenvalue weighted by atomic mass is 31.2. The van der Waals surface area contributed by atoms with Gasteiger partial charge >= 0.3 is 0 Å². The van der Waals surface area contributed by atoms with Crippen molar-refractivity contribution < 1.29 is 32.9 Å². The second kappa shape index (κ2) is 33.8. The van der Waals surface area contributed by atoms with Crippen LogP contribution >= 0.6 is 7.82 Å². The molecule has 296 valence electrons. The Hall–Kier alpha value is -1.02. The average Bonchev–Trinajstić information content (AvgIpc) is 3.06. The van der Waals surface area contributed by atoms with Crippen LogP contribution in [0.4, 0.5) is 0 Å². The Kier molecular flexibility index (Phi) is 33.1. The van der Waals surface area contributed by atoms with Crippen molar-refractivity contribution in [3.05, 3.63) is 24.3 Å². The molecule has 0 radical (unpaired) electrons. The summed E-state index contributed by atoms with van der Waals surface area (Å²) in [6, 6.07) is -0.886. The van der Waals surface area contributed by atoms with Crippen LogP contribution in [0.3, 0.4) is 0 Å². The zero-order valence-corrected chi connectivity index (χ0v) is 34.2. The summed E-state index contributed by atoms with van der Waals surface area (Å²) in [7, 11) is 1.26. The molecule has 3 atom stereocenters. The zero-order valence-electron chi connectivity index (χ0n) is 33.4. The number of phosphoric acid groups is 1. The Balaban J connectivity index is 4.50. The number of likely N-dealkylation sites (N-methyl/N-ethyl adjacent to an activating group) is 1. The van der Waals surface area contributed by atoms with E-state index >= 15 is 0 Å². The minimum Gasteiger partial charge on any atom is -0.756 e. The van der Waals surface area contributed by atoms with Crippen LogP contribution in [0, 0.1) is 0 Å². The van der Waals surface area contributed by atoms with Crippen molar-refractivity contribution in [1.82, 2.24) is 5.32 Å². The third kappa shape index (κ3) is 35.4. The molecule has 50 heavy (non-hydrogen) atoms. The summed E-state index contributed by atoms with van der Waals surface area (Å²) in [4.78, 5) is 25.2. The van der Waals surface area contributed by atoms with Crippen molar-refractivity contribution in [1.29, 1.82) is 0 Å². The predicted molar refractivity (Wildman–Crippen MR) is 210 cm³/mol. The number of aliphatic hydroxyl groups excluding tert-OH is 1. The number of rotatable bonds is 37. The summed E-state index contributed by atoms with van der Waals surface area (Å²) in [5.41, 5.74) is 0. The van der Waals surface area contributed by atoms with Gasteiger partial charge in [0.25, 0.3) is 7.82 Å². The van der Waals surface area contributed by atoms with Crippen molar-refractivity contribution in [2.75, 3.05) is 40.9 Å². The van der Waals surface area contributed by atoms with Crippen LogP contribution in [-0.4, -0.2) is 68.5 Å². The van der Waals surface area contributed by atoms with Gasteiger partial charge in [-0.25, -0.2) is 0 Å². The summed E-state index contributed by atoms with van der Waals surface area (Å²) < 4.78 is 23.1. The lowest BCUT2D eigenvalue weighted by Gasteiger charge is -2.29. The first kappa shape index (κ1) is 49.0. The number of unbranched alkanes of at least 4 members (excludes halogenated alkanes) is 22. The molecule has 2 N–H and O–H groups in total. The number of hydrogen-bond acceptors (Lipinski definition) is 6. The number of nitrogens with zero attached hydrogens (tertiary/aromatic N) is 1. The maximum absolute atomic E-state index is 12.8. The second-order valence-electron chi connectivity index (χ2n) is 15.3. The lowest BCUT2D eigenvalue weighted by atomic mass is 10.0. The van der Waals surface area contributed by atoms with Gasteiger partial charge in [-0.1, -0.05) is 154 Å². The number of nitrogens with one attached hydrogen (secondary N) is 1. The molecule has 0 aromatic carbocycles. The lowest BCUT2D eigenvalue weighted by molar-refractivity contribution is -0.870. The van der Waals surface area contributed by atoms with E-state index in [1.165, 1.54) is 109 Å². The van der Waals surface area contributed by atoms with Crippen LogP contribution in [0.2, 0.25) is 0 Å². The summed E-state index contributed by atoms with van der Waals surface area (Å²) in [6.45, 7) is 4.62. The highest BCUT2D eigenvalue weighted by Crippen LogP contribution is 2.38. The minimum atomic E-state index is -4.58. The van der Waals surface area contributed by atoms with E-state index in [-0.39, 0.29) is 19.1 Å². The number of hydrogen-bond donors (Lipinski definition) is 2. The lowest BCUT2D eigenvalue weighted by Crippen LogP contribution is -2.45. The molecule has 0 spiro atoms. The molecule has 3 unspecified atom stereocenters. The maximum atomic E-state index is 12.8. The molecule has 1 amide bonds. The summed E-state index contributed by atoms with van der Waals surface area (Å²) in [5.74, 6) is -0.208. The summed E-state index contributed by atoms with van der Waals surface area (Å²) in [5, 5.41) is 13.7. The molecule has 9 heteroatoms. The largest absolute Gasteiger partial charge is 0.756 e. The van der Waals surface area contributed by atoms with Gasteiger partial charge in [0.2, 0.25) is 5.91 Å². The van der Waals surface area contributed by atoms with Crippen LogP contribution in [0.5, 0.6) is 0 Å². The first-order valence-electron chi connectivity index (χ1n) is 20.7. The smallest absolute Gasteiger partial charge is 0.268 e. The number of aliphatic hydroxyl groups is 1. The van der Waals surface area contributed by atoms with Gasteiger partial charge in [0.1, 0.15) is 13.2 Å². The van der Waals surface area contributed by atoms with E-state index < -0.39 is 20.0 Å². The third-order valence-corrected chi connectivity index (χ3v) is 10.1. The molecule has 0 saturated heterocycles. The Morgan fingerprint density at radius 2 is 1.10 bits per heavy atom. The normalized spacial score (nSPS) is 14.8. The first-order chi connectivity index (χ1) is 24.0. The molecule has 0 heterocycles. The molecule has 8 nitrogen and oxygen atoms in total. The first-order valence-corrected chi connectivity index (χ1v) is 22.2. The van der Waals surface area contributed by atoms with Gasteiger partial charge < -0.3 is 28.8 Å². The quantitative estimate of drug-likeness (QED) is 0.0285. The fourth-order valence-corrected chi connectivity index (χ4v) is 6.52. The molecule has 0 aromatic heterocycles. The van der Waals surface area contributed by atoms with E-state index in [0.717, 1.165) is 51.4 Å². The van der Waals surface area contributed by atoms with Crippen molar-refractivity contribution in [2.24, 2.45) is 0 Å². The number of carbonyl (C=O) groups excluding carboxylic acids is 1. The fourth-order valence-electron chi connectivity index (χ4n) is 5.79. The van der Waals surface area contributed by atoms with Crippen LogP contribution in [0.1, 0.15) is 181 Å². The fraction of sp³-hybridized carbons (Fsp3) is 0.878. The van der Waals surface area contributed by atoms with Crippen LogP contribution in [-0.2, 0) is 18.4 Å². The molecule has 0 bridgehead atoms. The van der Waals surface area contributed by atoms with Gasteiger partial charge in [-0.3, -0.25) is 9.36 Å². The SMILES string of the molecule is CCCCCCC/C=C\CCCCCCCC(=O)NC(COP(=O)([O-])OCC[N+](C)(C)C)C(O)/C=C/CCCCCCCCCCCCCC. The summed E-state index contributed by atoms with van der Waals surface area (Å²) in [6.07, 6.45) is 37.8. The van der Waals surface area contributed by atoms with E-state index in [4.69, 9.17) is 9.05 Å². The Morgan fingerprint density at radius 3 is 1.56 bits per heavy atom. The monoisotopic (exact) mass is 729 g/mol. The van der Waals surface area contributed by atoms with Crippen LogP contribution in [0.15, 0.2) is 24.3 Å². The average molecular weight is 729 g/mol. The van der Waals surface area contributed by atoms with E-state index in [1.807, 2.05) is 27.2 Å². The zero-order chi connectivity index (χ0) is 37.2. The number of phosphoric ester groups is 1. The van der Waals surface area contributed by atoms with E-state index in [1.54, 1.807) is 6.08 Å². The van der Waals surface area contributed by atoms with Gasteiger partial charge in [-0.2, -0.15) is 0 Å². The van der Waals surface area contributed by atoms with Gasteiger partial charge in [0.15, 0.2) is 0 Å². The Labute approximate surface area is 309 Å². The van der Waals surface area contributed by atoms with E-state index in [9.17, 15) is 19.4 Å².